The Hall–Kier alpha value is -2.42. The highest BCUT2D eigenvalue weighted by atomic mass is 16.5. The van der Waals surface area contributed by atoms with Crippen LogP contribution in [-0.2, 0) is 14.3 Å². The first-order valence-electron chi connectivity index (χ1n) is 9.94. The number of hydrazine groups is 1. The van der Waals surface area contributed by atoms with Crippen molar-refractivity contribution in [1.29, 1.82) is 0 Å². The predicted molar refractivity (Wildman–Crippen MR) is 109 cm³/mol. The van der Waals surface area contributed by atoms with E-state index in [4.69, 9.17) is 24.3 Å². The van der Waals surface area contributed by atoms with Crippen LogP contribution >= 0.6 is 0 Å². The van der Waals surface area contributed by atoms with Gasteiger partial charge in [-0.25, -0.2) is 10.0 Å². The number of nitrogens with zero attached hydrogens (tertiary/aromatic N) is 2. The molecule has 0 unspecified atom stereocenters. The monoisotopic (exact) mass is 403 g/mol. The van der Waals surface area contributed by atoms with E-state index in [1.54, 1.807) is 6.08 Å². The van der Waals surface area contributed by atoms with Crippen LogP contribution in [0.25, 0.3) is 0 Å². The Morgan fingerprint density at radius 2 is 2.14 bits per heavy atom. The number of aliphatic imine (C=N–C) groups is 1. The number of rotatable bonds is 9. The fourth-order valence-electron chi connectivity index (χ4n) is 3.32. The van der Waals surface area contributed by atoms with Crippen LogP contribution in [0, 0.1) is 0 Å². The van der Waals surface area contributed by atoms with Gasteiger partial charge in [0.1, 0.15) is 11.9 Å². The Balaban J connectivity index is 1.75. The summed E-state index contributed by atoms with van der Waals surface area (Å²) in [6.45, 7) is 8.65. The van der Waals surface area contributed by atoms with E-state index >= 15 is 0 Å². The lowest BCUT2D eigenvalue weighted by Crippen LogP contribution is -2.57. The minimum Gasteiger partial charge on any atom is -0.494 e. The van der Waals surface area contributed by atoms with Gasteiger partial charge < -0.3 is 19.3 Å². The van der Waals surface area contributed by atoms with Crippen molar-refractivity contribution in [2.24, 2.45) is 4.99 Å². The van der Waals surface area contributed by atoms with Crippen LogP contribution in [0.3, 0.4) is 0 Å². The van der Waals surface area contributed by atoms with Crippen molar-refractivity contribution < 1.29 is 24.1 Å². The van der Waals surface area contributed by atoms with Crippen molar-refractivity contribution in [3.63, 3.8) is 0 Å². The quantitative estimate of drug-likeness (QED) is 0.477. The van der Waals surface area contributed by atoms with E-state index in [1.165, 1.54) is 0 Å². The van der Waals surface area contributed by atoms with Crippen molar-refractivity contribution in [1.82, 2.24) is 10.4 Å². The third-order valence-corrected chi connectivity index (χ3v) is 5.05. The highest BCUT2D eigenvalue weighted by Gasteiger charge is 2.49. The van der Waals surface area contributed by atoms with Crippen LogP contribution in [0.5, 0.6) is 5.75 Å². The first kappa shape index (κ1) is 21.3. The number of aliphatic hydroxyl groups excluding tert-OH is 1. The van der Waals surface area contributed by atoms with E-state index in [2.05, 4.69) is 12.0 Å². The number of carbonyl (C=O) groups is 1. The number of amides is 1. The molecule has 2 N–H and O–H groups in total. The van der Waals surface area contributed by atoms with Crippen molar-refractivity contribution in [2.45, 2.75) is 31.4 Å². The molecule has 0 aliphatic carbocycles. The van der Waals surface area contributed by atoms with E-state index < -0.39 is 11.6 Å². The Kier molecular flexibility index (Phi) is 7.24. The molecule has 0 bridgehead atoms. The molecule has 0 radical (unpaired) electrons. The second kappa shape index (κ2) is 9.87. The summed E-state index contributed by atoms with van der Waals surface area (Å²) in [6.07, 6.45) is 2.22. The van der Waals surface area contributed by atoms with Gasteiger partial charge in [-0.15, -0.1) is 6.58 Å². The van der Waals surface area contributed by atoms with Gasteiger partial charge in [0.25, 0.3) is 5.91 Å². The maximum atomic E-state index is 13.1. The van der Waals surface area contributed by atoms with Crippen molar-refractivity contribution in [3.05, 3.63) is 42.5 Å². The lowest BCUT2D eigenvalue weighted by atomic mass is 9.89. The molecule has 1 amide bonds. The topological polar surface area (TPSA) is 92.6 Å². The summed E-state index contributed by atoms with van der Waals surface area (Å²) in [5.41, 5.74) is 2.68. The van der Waals surface area contributed by atoms with Gasteiger partial charge in [0.05, 0.1) is 19.8 Å². The van der Waals surface area contributed by atoms with Gasteiger partial charge in [-0.3, -0.25) is 10.2 Å². The Bertz CT molecular complexity index is 730. The maximum Gasteiger partial charge on any atom is 0.266 e. The van der Waals surface area contributed by atoms with Gasteiger partial charge in [-0.2, -0.15) is 0 Å². The molecule has 2 aliphatic rings. The molecule has 3 rings (SSSR count). The second-order valence-electron chi connectivity index (χ2n) is 7.08. The largest absolute Gasteiger partial charge is 0.494 e. The van der Waals surface area contributed by atoms with E-state index in [-0.39, 0.29) is 12.5 Å². The first-order valence-corrected chi connectivity index (χ1v) is 9.94. The molecule has 2 atom stereocenters. The highest BCUT2D eigenvalue weighted by Crippen LogP contribution is 2.32. The van der Waals surface area contributed by atoms with Crippen LogP contribution in [0.2, 0.25) is 0 Å². The van der Waals surface area contributed by atoms with Gasteiger partial charge in [-0.05, 0) is 31.2 Å². The van der Waals surface area contributed by atoms with Crippen LogP contribution in [-0.4, -0.2) is 73.1 Å². The molecule has 0 aromatic heterocycles. The van der Waals surface area contributed by atoms with E-state index in [0.717, 1.165) is 5.56 Å². The predicted octanol–water partition coefficient (Wildman–Crippen LogP) is 1.29. The molecule has 1 fully saturated rings. The summed E-state index contributed by atoms with van der Waals surface area (Å²) < 4.78 is 16.9. The molecular weight excluding hydrogens is 374 g/mol. The summed E-state index contributed by atoms with van der Waals surface area (Å²) in [4.78, 5) is 17.9. The number of morpholine rings is 1. The summed E-state index contributed by atoms with van der Waals surface area (Å²) >= 11 is 0. The average Bonchev–Trinajstić information content (AvgIpc) is 3.07. The maximum absolute atomic E-state index is 13.1. The van der Waals surface area contributed by atoms with E-state index in [1.807, 2.05) is 36.2 Å². The Morgan fingerprint density at radius 1 is 1.41 bits per heavy atom. The van der Waals surface area contributed by atoms with Crippen LogP contribution < -0.4 is 10.2 Å². The van der Waals surface area contributed by atoms with Crippen molar-refractivity contribution >= 4 is 11.8 Å². The number of hydrogen-bond donors (Lipinski definition) is 2. The van der Waals surface area contributed by atoms with E-state index in [9.17, 15) is 4.79 Å². The number of benzene rings is 1. The molecule has 2 heterocycles. The lowest BCUT2D eigenvalue weighted by molar-refractivity contribution is -0.135. The molecule has 1 aromatic rings. The average molecular weight is 403 g/mol. The number of aliphatic hydroxyl groups is 1. The Morgan fingerprint density at radius 3 is 2.79 bits per heavy atom. The Labute approximate surface area is 171 Å². The van der Waals surface area contributed by atoms with Crippen molar-refractivity contribution in [3.8, 4) is 5.75 Å². The molecule has 2 aliphatic heterocycles. The van der Waals surface area contributed by atoms with Gasteiger partial charge in [0.2, 0.25) is 5.90 Å². The summed E-state index contributed by atoms with van der Waals surface area (Å²) in [5, 5.41) is 10.7. The number of ether oxygens (including phenoxy) is 3. The molecule has 158 valence electrons. The van der Waals surface area contributed by atoms with E-state index in [0.29, 0.717) is 57.4 Å². The molecule has 1 aromatic carbocycles. The lowest BCUT2D eigenvalue weighted by Gasteiger charge is -2.32. The zero-order valence-electron chi connectivity index (χ0n) is 16.8. The fourth-order valence-corrected chi connectivity index (χ4v) is 3.32. The van der Waals surface area contributed by atoms with Crippen molar-refractivity contribution in [2.75, 3.05) is 39.5 Å². The SMILES string of the molecule is C=CC[C@]1(C(=O)NN2CCOCC2)N=C(c2ccc(OCCCO)cc2)O[C@H]1C. The number of carbonyl (C=O) groups excluding carboxylic acids is 1. The number of hydrogen-bond acceptors (Lipinski definition) is 7. The molecular formula is C21H29N3O5. The normalized spacial score (nSPS) is 24.5. The molecule has 0 spiro atoms. The summed E-state index contributed by atoms with van der Waals surface area (Å²) in [7, 11) is 0. The standard InChI is InChI=1S/C21H29N3O5/c1-3-9-21(20(26)23-24-10-14-27-15-11-24)16(2)29-19(22-21)17-5-7-18(8-6-17)28-13-4-12-25/h3,5-8,16,25H,1,4,9-15H2,2H3,(H,23,26)/t16-,21-/m0/s1. The van der Waals surface area contributed by atoms with Gasteiger partial charge in [0, 0.05) is 38.1 Å². The van der Waals surface area contributed by atoms with Crippen LogP contribution in [0.1, 0.15) is 25.3 Å². The molecule has 0 saturated carbocycles. The zero-order chi connectivity index (χ0) is 20.7. The summed E-state index contributed by atoms with van der Waals surface area (Å²) in [5.74, 6) is 0.931. The highest BCUT2D eigenvalue weighted by molar-refractivity contribution is 6.00. The minimum absolute atomic E-state index is 0.0958. The minimum atomic E-state index is -1.06. The molecule has 29 heavy (non-hydrogen) atoms. The van der Waals surface area contributed by atoms with Gasteiger partial charge >= 0.3 is 0 Å². The molecule has 8 heteroatoms. The molecule has 1 saturated heterocycles. The fraction of sp³-hybridized carbons (Fsp3) is 0.524. The first-order chi connectivity index (χ1) is 14.1. The third kappa shape index (κ3) is 4.95. The second-order valence-corrected chi connectivity index (χ2v) is 7.08. The van der Waals surface area contributed by atoms with Gasteiger partial charge in [0.15, 0.2) is 5.54 Å². The zero-order valence-corrected chi connectivity index (χ0v) is 16.8. The van der Waals surface area contributed by atoms with Crippen LogP contribution in [0.4, 0.5) is 0 Å². The van der Waals surface area contributed by atoms with Crippen LogP contribution in [0.15, 0.2) is 41.9 Å². The summed E-state index contributed by atoms with van der Waals surface area (Å²) in [6, 6.07) is 7.35. The molecule has 8 nitrogen and oxygen atoms in total. The number of nitrogens with one attached hydrogen (secondary N) is 1. The van der Waals surface area contributed by atoms with Gasteiger partial charge in [-0.1, -0.05) is 6.08 Å². The third-order valence-electron chi connectivity index (χ3n) is 5.05. The smallest absolute Gasteiger partial charge is 0.266 e.